The van der Waals surface area contributed by atoms with Crippen LogP contribution in [-0.4, -0.2) is 25.1 Å². The Morgan fingerprint density at radius 1 is 1.69 bits per heavy atom. The first kappa shape index (κ1) is 11.9. The second-order valence-corrected chi connectivity index (χ2v) is 2.50. The van der Waals surface area contributed by atoms with E-state index in [0.29, 0.717) is 12.4 Å². The zero-order valence-corrected chi connectivity index (χ0v) is 7.99. The zero-order valence-electron chi connectivity index (χ0n) is 7.99. The van der Waals surface area contributed by atoms with E-state index < -0.39 is 12.2 Å². The highest BCUT2D eigenvalue weighted by Gasteiger charge is 2.17. The van der Waals surface area contributed by atoms with E-state index in [1.165, 1.54) is 7.11 Å². The van der Waals surface area contributed by atoms with Crippen molar-refractivity contribution in [3.8, 4) is 6.07 Å². The smallest absolute Gasteiger partial charge is 0.156 e. The normalized spacial score (nSPS) is 14.3. The number of aliphatic hydroxyl groups excluding tert-OH is 1. The molecule has 0 saturated carbocycles. The first-order chi connectivity index (χ1) is 6.15. The predicted octanol–water partition coefficient (Wildman–Crippen LogP) is 1.03. The molecule has 0 aromatic carbocycles. The quantitative estimate of drug-likeness (QED) is 0.496. The number of ether oxygens (including phenoxy) is 2. The number of nitrogens with zero attached hydrogens (tertiary/aromatic N) is 1. The van der Waals surface area contributed by atoms with Gasteiger partial charge in [-0.15, -0.1) is 0 Å². The molecule has 0 bridgehead atoms. The van der Waals surface area contributed by atoms with E-state index in [1.54, 1.807) is 6.92 Å². The van der Waals surface area contributed by atoms with Crippen LogP contribution in [0.15, 0.2) is 12.3 Å². The summed E-state index contributed by atoms with van der Waals surface area (Å²) >= 11 is 0. The number of rotatable bonds is 6. The summed E-state index contributed by atoms with van der Waals surface area (Å²) in [7, 11) is 1.44. The summed E-state index contributed by atoms with van der Waals surface area (Å²) in [5.74, 6) is -0.173. The standard InChI is InChI=1S/C9H15NO3/c1-4-13-9(11)5-8(6-10)7(2)12-3/h8-9,11H,2,4-5H2,1,3H3. The van der Waals surface area contributed by atoms with Crippen LogP contribution in [0, 0.1) is 17.2 Å². The fourth-order valence-electron chi connectivity index (χ4n) is 0.860. The van der Waals surface area contributed by atoms with Crippen LogP contribution in [0.1, 0.15) is 13.3 Å². The van der Waals surface area contributed by atoms with Crippen molar-refractivity contribution in [3.63, 3.8) is 0 Å². The highest BCUT2D eigenvalue weighted by molar-refractivity contribution is 5.03. The van der Waals surface area contributed by atoms with Gasteiger partial charge in [0.25, 0.3) is 0 Å². The summed E-state index contributed by atoms with van der Waals surface area (Å²) in [5.41, 5.74) is 0. The third-order valence-electron chi connectivity index (χ3n) is 1.60. The average molecular weight is 185 g/mol. The van der Waals surface area contributed by atoms with Crippen molar-refractivity contribution < 1.29 is 14.6 Å². The number of hydrogen-bond donors (Lipinski definition) is 1. The molecule has 0 heterocycles. The molecule has 0 radical (unpaired) electrons. The fraction of sp³-hybridized carbons (Fsp3) is 0.667. The Kier molecular flexibility index (Phi) is 5.94. The highest BCUT2D eigenvalue weighted by Crippen LogP contribution is 2.15. The summed E-state index contributed by atoms with van der Waals surface area (Å²) in [6.07, 6.45) is -0.738. The Hall–Kier alpha value is -1.05. The minimum Gasteiger partial charge on any atom is -0.500 e. The Bertz CT molecular complexity index is 198. The average Bonchev–Trinajstić information content (AvgIpc) is 2.13. The van der Waals surface area contributed by atoms with Gasteiger partial charge in [-0.1, -0.05) is 6.58 Å². The Morgan fingerprint density at radius 3 is 2.69 bits per heavy atom. The Labute approximate surface area is 78.4 Å². The molecule has 4 nitrogen and oxygen atoms in total. The van der Waals surface area contributed by atoms with Gasteiger partial charge in [0, 0.05) is 13.0 Å². The van der Waals surface area contributed by atoms with Crippen molar-refractivity contribution in [2.45, 2.75) is 19.6 Å². The maximum Gasteiger partial charge on any atom is 0.156 e. The summed E-state index contributed by atoms with van der Waals surface area (Å²) in [6, 6.07) is 1.98. The molecule has 0 rings (SSSR count). The lowest BCUT2D eigenvalue weighted by atomic mass is 10.1. The van der Waals surface area contributed by atoms with Crippen molar-refractivity contribution in [2.75, 3.05) is 13.7 Å². The van der Waals surface area contributed by atoms with Crippen molar-refractivity contribution in [1.82, 2.24) is 0 Å². The maximum atomic E-state index is 9.23. The molecular formula is C9H15NO3. The van der Waals surface area contributed by atoms with Crippen LogP contribution in [-0.2, 0) is 9.47 Å². The minimum absolute atomic E-state index is 0.191. The fourth-order valence-corrected chi connectivity index (χ4v) is 0.860. The summed E-state index contributed by atoms with van der Waals surface area (Å²) < 4.78 is 9.68. The molecular weight excluding hydrogens is 170 g/mol. The lowest BCUT2D eigenvalue weighted by molar-refractivity contribution is -0.103. The topological polar surface area (TPSA) is 62.5 Å². The summed E-state index contributed by atoms with van der Waals surface area (Å²) in [4.78, 5) is 0. The van der Waals surface area contributed by atoms with Gasteiger partial charge < -0.3 is 14.6 Å². The van der Waals surface area contributed by atoms with Crippen LogP contribution in [0.3, 0.4) is 0 Å². The monoisotopic (exact) mass is 185 g/mol. The van der Waals surface area contributed by atoms with E-state index in [1.807, 2.05) is 6.07 Å². The van der Waals surface area contributed by atoms with Gasteiger partial charge in [0.1, 0.15) is 11.7 Å². The molecule has 0 fully saturated rings. The Morgan fingerprint density at radius 2 is 2.31 bits per heavy atom. The summed E-state index contributed by atoms with van der Waals surface area (Å²) in [5, 5.41) is 17.9. The first-order valence-corrected chi connectivity index (χ1v) is 4.07. The van der Waals surface area contributed by atoms with Gasteiger partial charge in [-0.2, -0.15) is 5.26 Å². The molecule has 4 heteroatoms. The van der Waals surface area contributed by atoms with E-state index in [4.69, 9.17) is 14.7 Å². The van der Waals surface area contributed by atoms with Gasteiger partial charge in [0.05, 0.1) is 13.2 Å². The van der Waals surface area contributed by atoms with E-state index in [9.17, 15) is 5.11 Å². The second-order valence-electron chi connectivity index (χ2n) is 2.50. The van der Waals surface area contributed by atoms with Crippen LogP contribution >= 0.6 is 0 Å². The first-order valence-electron chi connectivity index (χ1n) is 4.07. The molecule has 0 aliphatic rings. The molecule has 0 aromatic rings. The minimum atomic E-state index is -0.929. The third-order valence-corrected chi connectivity index (χ3v) is 1.60. The third kappa shape index (κ3) is 4.51. The molecule has 2 unspecified atom stereocenters. The van der Waals surface area contributed by atoms with Gasteiger partial charge >= 0.3 is 0 Å². The molecule has 0 spiro atoms. The largest absolute Gasteiger partial charge is 0.500 e. The number of nitriles is 1. The zero-order chi connectivity index (χ0) is 10.3. The van der Waals surface area contributed by atoms with E-state index in [2.05, 4.69) is 6.58 Å². The molecule has 0 saturated heterocycles. The van der Waals surface area contributed by atoms with Gasteiger partial charge in [-0.3, -0.25) is 0 Å². The van der Waals surface area contributed by atoms with Gasteiger partial charge in [0.2, 0.25) is 0 Å². The van der Waals surface area contributed by atoms with E-state index >= 15 is 0 Å². The van der Waals surface area contributed by atoms with Crippen molar-refractivity contribution in [3.05, 3.63) is 12.3 Å². The molecule has 74 valence electrons. The molecule has 0 aromatic heterocycles. The van der Waals surface area contributed by atoms with Gasteiger partial charge in [-0.25, -0.2) is 0 Å². The number of hydrogen-bond acceptors (Lipinski definition) is 4. The highest BCUT2D eigenvalue weighted by atomic mass is 16.6. The van der Waals surface area contributed by atoms with E-state index in [-0.39, 0.29) is 6.42 Å². The molecule has 1 N–H and O–H groups in total. The summed E-state index contributed by atoms with van der Waals surface area (Å²) in [6.45, 7) is 5.74. The molecule has 13 heavy (non-hydrogen) atoms. The van der Waals surface area contributed by atoms with Crippen molar-refractivity contribution in [1.29, 1.82) is 5.26 Å². The predicted molar refractivity (Wildman–Crippen MR) is 47.5 cm³/mol. The van der Waals surface area contributed by atoms with Crippen LogP contribution in [0.25, 0.3) is 0 Å². The van der Waals surface area contributed by atoms with Crippen LogP contribution < -0.4 is 0 Å². The van der Waals surface area contributed by atoms with E-state index in [0.717, 1.165) is 0 Å². The maximum absolute atomic E-state index is 9.23. The number of aliphatic hydroxyl groups is 1. The lowest BCUT2D eigenvalue weighted by Gasteiger charge is -2.15. The molecule has 0 amide bonds. The van der Waals surface area contributed by atoms with Gasteiger partial charge in [-0.05, 0) is 6.92 Å². The molecule has 0 aliphatic heterocycles. The lowest BCUT2D eigenvalue weighted by Crippen LogP contribution is -2.17. The van der Waals surface area contributed by atoms with Crippen LogP contribution in [0.5, 0.6) is 0 Å². The number of allylic oxidation sites excluding steroid dienone is 1. The van der Waals surface area contributed by atoms with Crippen LogP contribution in [0.2, 0.25) is 0 Å². The molecule has 0 aliphatic carbocycles. The number of methoxy groups -OCH3 is 1. The second kappa shape index (κ2) is 6.46. The van der Waals surface area contributed by atoms with Crippen LogP contribution in [0.4, 0.5) is 0 Å². The SMILES string of the molecule is C=C(OC)C(C#N)CC(O)OCC. The van der Waals surface area contributed by atoms with Gasteiger partial charge in [0.15, 0.2) is 6.29 Å². The van der Waals surface area contributed by atoms with Crippen molar-refractivity contribution >= 4 is 0 Å². The van der Waals surface area contributed by atoms with Crippen molar-refractivity contribution in [2.24, 2.45) is 5.92 Å². The Balaban J connectivity index is 3.99. The molecule has 2 atom stereocenters.